The Balaban J connectivity index is 2.38. The molecule has 1 heterocycles. The average molecular weight is 377 g/mol. The second-order valence-corrected chi connectivity index (χ2v) is 5.77. The van der Waals surface area contributed by atoms with Crippen LogP contribution < -0.4 is 4.31 Å². The van der Waals surface area contributed by atoms with Gasteiger partial charge in [0.2, 0.25) is 0 Å². The normalized spacial score (nSPS) is 17.4. The van der Waals surface area contributed by atoms with Crippen LogP contribution in [-0.2, 0) is 9.53 Å². The minimum atomic E-state index is -0.244. The Morgan fingerprint density at radius 3 is 3.06 bits per heavy atom. The van der Waals surface area contributed by atoms with Crippen LogP contribution in [0.5, 0.6) is 0 Å². The molecule has 0 fully saturated rings. The first kappa shape index (κ1) is 13.7. The van der Waals surface area contributed by atoms with E-state index in [1.165, 1.54) is 7.11 Å². The molecule has 0 N–H and O–H groups in total. The van der Waals surface area contributed by atoms with E-state index in [0.717, 1.165) is 24.1 Å². The summed E-state index contributed by atoms with van der Waals surface area (Å²) in [5, 5.41) is 0. The van der Waals surface area contributed by atoms with Gasteiger partial charge in [-0.05, 0) is 11.6 Å². The SMILES string of the molecule is COC(=O)C[C@H]1CN(SI)c2cccc(C=O)c21. The Kier molecular flexibility index (Phi) is 4.50. The van der Waals surface area contributed by atoms with Crippen molar-refractivity contribution in [3.63, 3.8) is 0 Å². The molecule has 0 unspecified atom stereocenters. The van der Waals surface area contributed by atoms with E-state index in [-0.39, 0.29) is 11.9 Å². The lowest BCUT2D eigenvalue weighted by Crippen LogP contribution is -2.14. The fourth-order valence-electron chi connectivity index (χ4n) is 2.24. The number of fused-ring (bicyclic) bond motifs is 1. The average Bonchev–Trinajstić information content (AvgIpc) is 2.76. The second kappa shape index (κ2) is 5.92. The van der Waals surface area contributed by atoms with Gasteiger partial charge < -0.3 is 9.04 Å². The molecule has 0 saturated carbocycles. The van der Waals surface area contributed by atoms with E-state index in [2.05, 4.69) is 25.5 Å². The predicted molar refractivity (Wildman–Crippen MR) is 80.2 cm³/mol. The lowest BCUT2D eigenvalue weighted by molar-refractivity contribution is -0.140. The lowest BCUT2D eigenvalue weighted by Gasteiger charge is -2.13. The van der Waals surface area contributed by atoms with Crippen molar-refractivity contribution in [2.75, 3.05) is 18.0 Å². The summed E-state index contributed by atoms with van der Waals surface area (Å²) in [4.78, 5) is 22.6. The molecule has 1 aromatic rings. The van der Waals surface area contributed by atoms with E-state index in [4.69, 9.17) is 4.74 Å². The molecule has 0 radical (unpaired) electrons. The molecule has 4 nitrogen and oxygen atoms in total. The highest BCUT2D eigenvalue weighted by atomic mass is 127. The minimum absolute atomic E-state index is 0.0242. The van der Waals surface area contributed by atoms with Crippen LogP contribution in [0.3, 0.4) is 0 Å². The van der Waals surface area contributed by atoms with Crippen molar-refractivity contribution in [2.24, 2.45) is 0 Å². The molecule has 0 spiro atoms. The number of hydrogen-bond donors (Lipinski definition) is 0. The summed E-state index contributed by atoms with van der Waals surface area (Å²) in [5.74, 6) is -0.219. The number of benzene rings is 1. The Bertz CT molecular complexity index is 480. The third-order valence-corrected chi connectivity index (χ3v) is 4.97. The number of aldehydes is 1. The van der Waals surface area contributed by atoms with Crippen LogP contribution in [0.4, 0.5) is 5.69 Å². The monoisotopic (exact) mass is 377 g/mol. The molecular weight excluding hydrogens is 365 g/mol. The number of anilines is 1. The lowest BCUT2D eigenvalue weighted by atomic mass is 9.94. The van der Waals surface area contributed by atoms with Gasteiger partial charge in [-0.3, -0.25) is 9.59 Å². The molecule has 96 valence electrons. The van der Waals surface area contributed by atoms with Crippen molar-refractivity contribution in [3.05, 3.63) is 29.3 Å². The van der Waals surface area contributed by atoms with E-state index in [0.29, 0.717) is 12.0 Å². The number of nitrogens with zero attached hydrogens (tertiary/aromatic N) is 1. The molecule has 0 amide bonds. The highest BCUT2D eigenvalue weighted by Gasteiger charge is 2.32. The van der Waals surface area contributed by atoms with Gasteiger partial charge in [-0.2, -0.15) is 0 Å². The van der Waals surface area contributed by atoms with Crippen molar-refractivity contribution in [2.45, 2.75) is 12.3 Å². The topological polar surface area (TPSA) is 46.6 Å². The summed E-state index contributed by atoms with van der Waals surface area (Å²) in [6, 6.07) is 5.63. The molecular formula is C12H12INO3S. The van der Waals surface area contributed by atoms with Crippen LogP contribution >= 0.6 is 30.3 Å². The molecule has 1 aliphatic rings. The van der Waals surface area contributed by atoms with Crippen molar-refractivity contribution in [1.82, 2.24) is 0 Å². The molecule has 0 bridgehead atoms. The third kappa shape index (κ3) is 2.49. The molecule has 6 heteroatoms. The van der Waals surface area contributed by atoms with Crippen LogP contribution in [0, 0.1) is 0 Å². The van der Waals surface area contributed by atoms with Crippen molar-refractivity contribution >= 4 is 48.3 Å². The number of carbonyl (C=O) groups is 2. The van der Waals surface area contributed by atoms with E-state index in [1.807, 2.05) is 12.1 Å². The maximum absolute atomic E-state index is 11.4. The molecule has 0 aromatic heterocycles. The van der Waals surface area contributed by atoms with Gasteiger partial charge in [0.25, 0.3) is 0 Å². The first-order chi connectivity index (χ1) is 8.71. The van der Waals surface area contributed by atoms with Crippen LogP contribution in [0.1, 0.15) is 28.3 Å². The Labute approximate surface area is 122 Å². The van der Waals surface area contributed by atoms with Gasteiger partial charge in [-0.15, -0.1) is 0 Å². The number of ether oxygens (including phenoxy) is 1. The zero-order chi connectivity index (χ0) is 13.1. The highest BCUT2D eigenvalue weighted by Crippen LogP contribution is 2.44. The number of halogens is 1. The quantitative estimate of drug-likeness (QED) is 0.350. The van der Waals surface area contributed by atoms with Crippen molar-refractivity contribution in [1.29, 1.82) is 0 Å². The fraction of sp³-hybridized carbons (Fsp3) is 0.333. The second-order valence-electron chi connectivity index (χ2n) is 4.01. The molecule has 0 saturated heterocycles. The Hall–Kier alpha value is -0.760. The maximum Gasteiger partial charge on any atom is 0.306 e. The number of rotatable bonds is 4. The summed E-state index contributed by atoms with van der Waals surface area (Å²) in [6.07, 6.45) is 1.16. The molecule has 0 aliphatic carbocycles. The van der Waals surface area contributed by atoms with Gasteiger partial charge in [-0.25, -0.2) is 0 Å². The number of esters is 1. The first-order valence-electron chi connectivity index (χ1n) is 5.42. The third-order valence-electron chi connectivity index (χ3n) is 3.03. The van der Waals surface area contributed by atoms with Crippen molar-refractivity contribution in [3.8, 4) is 0 Å². The fourth-order valence-corrected chi connectivity index (χ4v) is 3.83. The van der Waals surface area contributed by atoms with Gasteiger partial charge in [0.15, 0.2) is 0 Å². The Morgan fingerprint density at radius 2 is 2.44 bits per heavy atom. The standard InChI is InChI=1S/C12H12INO3S/c1-17-11(16)5-9-6-14(18-13)10-4-2-3-8(7-15)12(9)10/h2-4,7,9H,5-6H2,1H3/t9-/m0/s1. The molecule has 1 aromatic carbocycles. The summed E-state index contributed by atoms with van der Waals surface area (Å²) in [6.45, 7) is 0.725. The molecule has 18 heavy (non-hydrogen) atoms. The van der Waals surface area contributed by atoms with Gasteiger partial charge in [0.1, 0.15) is 6.29 Å². The van der Waals surface area contributed by atoms with Crippen LogP contribution in [0.15, 0.2) is 18.2 Å². The number of methoxy groups -OCH3 is 1. The van der Waals surface area contributed by atoms with E-state index in [9.17, 15) is 9.59 Å². The molecule has 1 aliphatic heterocycles. The predicted octanol–water partition coefficient (Wildman–Crippen LogP) is 2.96. The zero-order valence-electron chi connectivity index (χ0n) is 9.76. The van der Waals surface area contributed by atoms with Crippen LogP contribution in [0.25, 0.3) is 0 Å². The van der Waals surface area contributed by atoms with E-state index in [1.54, 1.807) is 15.2 Å². The van der Waals surface area contributed by atoms with Gasteiger partial charge >= 0.3 is 5.97 Å². The largest absolute Gasteiger partial charge is 0.469 e. The van der Waals surface area contributed by atoms with E-state index >= 15 is 0 Å². The zero-order valence-corrected chi connectivity index (χ0v) is 12.7. The maximum atomic E-state index is 11.4. The smallest absolute Gasteiger partial charge is 0.306 e. The summed E-state index contributed by atoms with van der Waals surface area (Å²) in [7, 11) is 2.95. The Morgan fingerprint density at radius 1 is 1.67 bits per heavy atom. The van der Waals surface area contributed by atoms with Crippen LogP contribution in [-0.4, -0.2) is 25.9 Å². The van der Waals surface area contributed by atoms with Gasteiger partial charge in [-0.1, -0.05) is 12.1 Å². The van der Waals surface area contributed by atoms with Crippen molar-refractivity contribution < 1.29 is 14.3 Å². The summed E-state index contributed by atoms with van der Waals surface area (Å²) >= 11 is 2.20. The first-order valence-corrected chi connectivity index (χ1v) is 8.74. The minimum Gasteiger partial charge on any atom is -0.469 e. The number of carbonyl (C=O) groups excluding carboxylic acids is 2. The number of hydrogen-bond acceptors (Lipinski definition) is 5. The molecule has 1 atom stereocenters. The summed E-state index contributed by atoms with van der Waals surface area (Å²) in [5.41, 5.74) is 2.64. The highest BCUT2D eigenvalue weighted by molar-refractivity contribution is 14.2. The summed E-state index contributed by atoms with van der Waals surface area (Å²) < 4.78 is 6.81. The van der Waals surface area contributed by atoms with Gasteiger partial charge in [0.05, 0.1) is 19.2 Å². The van der Waals surface area contributed by atoms with Gasteiger partial charge in [0, 0.05) is 48.4 Å². The van der Waals surface area contributed by atoms with Crippen LogP contribution in [0.2, 0.25) is 0 Å². The van der Waals surface area contributed by atoms with E-state index < -0.39 is 0 Å². The molecule has 2 rings (SSSR count).